The highest BCUT2D eigenvalue weighted by atomic mass is 16.7. The first-order valence-electron chi connectivity index (χ1n) is 6.08. The predicted octanol–water partition coefficient (Wildman–Crippen LogP) is 3.29. The number of phenolic OH excluding ortho intramolecular Hbond substituents is 2. The van der Waals surface area contributed by atoms with Crippen molar-refractivity contribution in [2.75, 3.05) is 0 Å². The Morgan fingerprint density at radius 2 is 1.16 bits per heavy atom. The van der Waals surface area contributed by atoms with Crippen LogP contribution in [0.5, 0.6) is 23.0 Å². The summed E-state index contributed by atoms with van der Waals surface area (Å²) in [7, 11) is 0. The van der Waals surface area contributed by atoms with Crippen LogP contribution in [-0.4, -0.2) is 16.5 Å². The topological polar surface area (TPSA) is 58.9 Å². The van der Waals surface area contributed by atoms with Gasteiger partial charge in [-0.15, -0.1) is 0 Å². The summed E-state index contributed by atoms with van der Waals surface area (Å²) in [6.07, 6.45) is 0.246. The maximum absolute atomic E-state index is 9.20. The fraction of sp³-hybridized carbons (Fsp3) is 0.200. The largest absolute Gasteiger partial charge is 0.508 e. The summed E-state index contributed by atoms with van der Waals surface area (Å²) in [5.74, 6) is 1.64. The Morgan fingerprint density at radius 3 is 1.47 bits per heavy atom. The van der Waals surface area contributed by atoms with Gasteiger partial charge in [-0.2, -0.15) is 0 Å². The standard InChI is InChI=1S/C15H16O4/c1-2-15(18-13-7-3-11(16)4-8-13)19-14-9-5-12(17)6-10-14/h3-10,15-17H,2H2,1H3. The van der Waals surface area contributed by atoms with Crippen LogP contribution in [-0.2, 0) is 0 Å². The van der Waals surface area contributed by atoms with Gasteiger partial charge >= 0.3 is 0 Å². The molecule has 19 heavy (non-hydrogen) atoms. The summed E-state index contributed by atoms with van der Waals surface area (Å²) in [6.45, 7) is 1.95. The Balaban J connectivity index is 2.00. The van der Waals surface area contributed by atoms with Crippen molar-refractivity contribution in [3.63, 3.8) is 0 Å². The minimum atomic E-state index is -0.422. The Labute approximate surface area is 111 Å². The van der Waals surface area contributed by atoms with Gasteiger partial charge in [-0.3, -0.25) is 0 Å². The predicted molar refractivity (Wildman–Crippen MR) is 71.5 cm³/mol. The summed E-state index contributed by atoms with van der Waals surface area (Å²) in [5.41, 5.74) is 0. The third kappa shape index (κ3) is 3.81. The lowest BCUT2D eigenvalue weighted by Crippen LogP contribution is -2.22. The molecule has 0 radical (unpaired) electrons. The first-order valence-corrected chi connectivity index (χ1v) is 6.08. The van der Waals surface area contributed by atoms with E-state index < -0.39 is 6.29 Å². The molecular weight excluding hydrogens is 244 g/mol. The summed E-state index contributed by atoms with van der Waals surface area (Å²) in [5, 5.41) is 18.4. The number of phenols is 2. The normalized spacial score (nSPS) is 10.4. The summed E-state index contributed by atoms with van der Waals surface area (Å²) >= 11 is 0. The molecule has 0 spiro atoms. The van der Waals surface area contributed by atoms with Crippen LogP contribution >= 0.6 is 0 Å². The Bertz CT molecular complexity index is 457. The lowest BCUT2D eigenvalue weighted by Gasteiger charge is -2.19. The van der Waals surface area contributed by atoms with Gasteiger partial charge in [0.15, 0.2) is 0 Å². The second kappa shape index (κ2) is 6.00. The first kappa shape index (κ1) is 13.1. The molecule has 4 heteroatoms. The molecule has 0 heterocycles. The van der Waals surface area contributed by atoms with Gasteiger partial charge in [0.25, 0.3) is 0 Å². The molecule has 2 aromatic rings. The van der Waals surface area contributed by atoms with E-state index in [-0.39, 0.29) is 11.5 Å². The quantitative estimate of drug-likeness (QED) is 0.810. The van der Waals surface area contributed by atoms with Crippen molar-refractivity contribution in [2.24, 2.45) is 0 Å². The summed E-state index contributed by atoms with van der Waals surface area (Å²) in [4.78, 5) is 0. The summed E-state index contributed by atoms with van der Waals surface area (Å²) < 4.78 is 11.3. The highest BCUT2D eigenvalue weighted by Crippen LogP contribution is 2.21. The minimum Gasteiger partial charge on any atom is -0.508 e. The fourth-order valence-corrected chi connectivity index (χ4v) is 1.54. The maximum Gasteiger partial charge on any atom is 0.240 e. The molecule has 2 aromatic carbocycles. The number of hydrogen-bond acceptors (Lipinski definition) is 4. The van der Waals surface area contributed by atoms with Crippen LogP contribution < -0.4 is 9.47 Å². The fourth-order valence-electron chi connectivity index (χ4n) is 1.54. The van der Waals surface area contributed by atoms with Gasteiger partial charge in [0.1, 0.15) is 23.0 Å². The van der Waals surface area contributed by atoms with Gasteiger partial charge < -0.3 is 19.7 Å². The highest BCUT2D eigenvalue weighted by Gasteiger charge is 2.09. The molecule has 0 aromatic heterocycles. The van der Waals surface area contributed by atoms with Gasteiger partial charge in [0.05, 0.1) is 0 Å². The van der Waals surface area contributed by atoms with E-state index in [1.807, 2.05) is 6.92 Å². The van der Waals surface area contributed by atoms with Crippen molar-refractivity contribution in [1.82, 2.24) is 0 Å². The van der Waals surface area contributed by atoms with Crippen molar-refractivity contribution in [1.29, 1.82) is 0 Å². The third-order valence-corrected chi connectivity index (χ3v) is 2.54. The molecule has 0 atom stereocenters. The molecule has 0 aliphatic heterocycles. The molecule has 0 saturated heterocycles. The van der Waals surface area contributed by atoms with Crippen molar-refractivity contribution in [2.45, 2.75) is 19.6 Å². The van der Waals surface area contributed by atoms with Crippen molar-refractivity contribution < 1.29 is 19.7 Å². The average molecular weight is 260 g/mol. The van der Waals surface area contributed by atoms with Crippen LogP contribution in [0.1, 0.15) is 13.3 Å². The van der Waals surface area contributed by atoms with Crippen molar-refractivity contribution >= 4 is 0 Å². The van der Waals surface area contributed by atoms with Crippen LogP contribution in [0.15, 0.2) is 48.5 Å². The SMILES string of the molecule is CCC(Oc1ccc(O)cc1)Oc1ccc(O)cc1. The number of benzene rings is 2. The molecule has 0 aliphatic carbocycles. The number of rotatable bonds is 5. The van der Waals surface area contributed by atoms with E-state index in [2.05, 4.69) is 0 Å². The zero-order valence-corrected chi connectivity index (χ0v) is 10.6. The van der Waals surface area contributed by atoms with E-state index >= 15 is 0 Å². The van der Waals surface area contributed by atoms with E-state index in [1.54, 1.807) is 48.5 Å². The number of hydrogen-bond donors (Lipinski definition) is 2. The minimum absolute atomic E-state index is 0.194. The molecule has 2 N–H and O–H groups in total. The monoisotopic (exact) mass is 260 g/mol. The van der Waals surface area contributed by atoms with E-state index in [1.165, 1.54) is 0 Å². The summed E-state index contributed by atoms with van der Waals surface area (Å²) in [6, 6.07) is 12.9. The van der Waals surface area contributed by atoms with Crippen LogP contribution in [0.25, 0.3) is 0 Å². The third-order valence-electron chi connectivity index (χ3n) is 2.54. The van der Waals surface area contributed by atoms with Gasteiger partial charge in [-0.05, 0) is 48.5 Å². The Hall–Kier alpha value is -2.36. The zero-order chi connectivity index (χ0) is 13.7. The van der Waals surface area contributed by atoms with Gasteiger partial charge in [0, 0.05) is 6.42 Å². The second-order valence-corrected chi connectivity index (χ2v) is 4.06. The number of ether oxygens (including phenoxy) is 2. The Morgan fingerprint density at radius 1 is 0.789 bits per heavy atom. The smallest absolute Gasteiger partial charge is 0.240 e. The average Bonchev–Trinajstić information content (AvgIpc) is 2.43. The van der Waals surface area contributed by atoms with E-state index in [9.17, 15) is 10.2 Å². The van der Waals surface area contributed by atoms with Gasteiger partial charge in [0.2, 0.25) is 6.29 Å². The molecule has 0 fully saturated rings. The van der Waals surface area contributed by atoms with Crippen LogP contribution in [0.2, 0.25) is 0 Å². The lowest BCUT2D eigenvalue weighted by molar-refractivity contribution is 0.00323. The molecule has 0 saturated carbocycles. The number of aromatic hydroxyl groups is 2. The van der Waals surface area contributed by atoms with E-state index in [0.29, 0.717) is 17.9 Å². The molecule has 0 aliphatic rings. The molecular formula is C15H16O4. The first-order chi connectivity index (χ1) is 9.17. The van der Waals surface area contributed by atoms with E-state index in [0.717, 1.165) is 0 Å². The molecule has 2 rings (SSSR count). The Kier molecular flexibility index (Phi) is 4.13. The molecule has 0 bridgehead atoms. The second-order valence-electron chi connectivity index (χ2n) is 4.06. The van der Waals surface area contributed by atoms with Crippen LogP contribution in [0.3, 0.4) is 0 Å². The van der Waals surface area contributed by atoms with Gasteiger partial charge in [-0.25, -0.2) is 0 Å². The lowest BCUT2D eigenvalue weighted by atomic mass is 10.3. The molecule has 0 amide bonds. The van der Waals surface area contributed by atoms with Crippen LogP contribution in [0, 0.1) is 0 Å². The van der Waals surface area contributed by atoms with Crippen molar-refractivity contribution in [3.8, 4) is 23.0 Å². The van der Waals surface area contributed by atoms with Gasteiger partial charge in [-0.1, -0.05) is 6.92 Å². The molecule has 100 valence electrons. The zero-order valence-electron chi connectivity index (χ0n) is 10.6. The highest BCUT2D eigenvalue weighted by molar-refractivity contribution is 5.31. The molecule has 4 nitrogen and oxygen atoms in total. The molecule has 0 unspecified atom stereocenters. The van der Waals surface area contributed by atoms with Crippen LogP contribution in [0.4, 0.5) is 0 Å². The van der Waals surface area contributed by atoms with Crippen molar-refractivity contribution in [3.05, 3.63) is 48.5 Å². The maximum atomic E-state index is 9.20. The van der Waals surface area contributed by atoms with E-state index in [4.69, 9.17) is 9.47 Å².